The number of ether oxygens (including phenoxy) is 1. The third-order valence-corrected chi connectivity index (χ3v) is 4.13. The Morgan fingerprint density at radius 3 is 2.91 bits per heavy atom. The monoisotopic (exact) mass is 316 g/mol. The molecule has 1 atom stereocenters. The first-order chi connectivity index (χ1) is 11.1. The van der Waals surface area contributed by atoms with Gasteiger partial charge in [-0.25, -0.2) is 0 Å². The van der Waals surface area contributed by atoms with Crippen LogP contribution in [0.2, 0.25) is 0 Å². The summed E-state index contributed by atoms with van der Waals surface area (Å²) in [6, 6.07) is 5.51. The molecule has 0 fully saturated rings. The summed E-state index contributed by atoms with van der Waals surface area (Å²) < 4.78 is 5.13. The van der Waals surface area contributed by atoms with Crippen LogP contribution in [-0.2, 0) is 16.0 Å². The fourth-order valence-corrected chi connectivity index (χ4v) is 2.90. The topological polar surface area (TPSA) is 58.6 Å². The molecule has 5 nitrogen and oxygen atoms in total. The van der Waals surface area contributed by atoms with Crippen molar-refractivity contribution in [2.24, 2.45) is 0 Å². The van der Waals surface area contributed by atoms with Gasteiger partial charge in [0, 0.05) is 24.9 Å². The van der Waals surface area contributed by atoms with Crippen LogP contribution in [0.1, 0.15) is 35.7 Å². The molecule has 0 bridgehead atoms. The standard InChI is InChI=1S/C18H24N2O3/c1-4-13(12-23-3)19-18(22)15-8-6-10-16-14(15)9-7-11-20(16)17(21)5-2/h5-6,8,10,13H,2,4,7,9,11-12H2,1,3H3,(H,19,22). The van der Waals surface area contributed by atoms with E-state index in [4.69, 9.17) is 4.74 Å². The molecule has 0 spiro atoms. The van der Waals surface area contributed by atoms with E-state index in [1.807, 2.05) is 25.1 Å². The van der Waals surface area contributed by atoms with Gasteiger partial charge in [-0.2, -0.15) is 0 Å². The second-order valence-electron chi connectivity index (χ2n) is 5.63. The van der Waals surface area contributed by atoms with Crippen LogP contribution in [0.5, 0.6) is 0 Å². The molecular formula is C18H24N2O3. The van der Waals surface area contributed by atoms with Gasteiger partial charge >= 0.3 is 0 Å². The second-order valence-corrected chi connectivity index (χ2v) is 5.63. The fourth-order valence-electron chi connectivity index (χ4n) is 2.90. The number of hydrogen-bond donors (Lipinski definition) is 1. The second kappa shape index (κ2) is 7.92. The van der Waals surface area contributed by atoms with Crippen molar-refractivity contribution in [2.75, 3.05) is 25.2 Å². The normalized spacial score (nSPS) is 14.8. The summed E-state index contributed by atoms with van der Waals surface area (Å²) >= 11 is 0. The zero-order chi connectivity index (χ0) is 16.8. The quantitative estimate of drug-likeness (QED) is 0.819. The first-order valence-electron chi connectivity index (χ1n) is 7.98. The van der Waals surface area contributed by atoms with Crippen LogP contribution in [0, 0.1) is 0 Å². The van der Waals surface area contributed by atoms with Gasteiger partial charge in [-0.15, -0.1) is 0 Å². The van der Waals surface area contributed by atoms with Crippen LogP contribution < -0.4 is 10.2 Å². The number of anilines is 1. The van der Waals surface area contributed by atoms with Crippen molar-refractivity contribution in [3.05, 3.63) is 42.0 Å². The molecule has 23 heavy (non-hydrogen) atoms. The Kier molecular flexibility index (Phi) is 5.93. The van der Waals surface area contributed by atoms with Crippen LogP contribution in [0.4, 0.5) is 5.69 Å². The molecule has 1 aliphatic rings. The van der Waals surface area contributed by atoms with Crippen LogP contribution >= 0.6 is 0 Å². The number of rotatable bonds is 6. The summed E-state index contributed by atoms with van der Waals surface area (Å²) in [5.41, 5.74) is 2.38. The Balaban J connectivity index is 2.29. The molecule has 0 aromatic heterocycles. The zero-order valence-corrected chi connectivity index (χ0v) is 13.8. The van der Waals surface area contributed by atoms with E-state index >= 15 is 0 Å². The van der Waals surface area contributed by atoms with Gasteiger partial charge in [-0.05, 0) is 43.0 Å². The highest BCUT2D eigenvalue weighted by Crippen LogP contribution is 2.30. The largest absolute Gasteiger partial charge is 0.383 e. The molecule has 0 aliphatic carbocycles. The van der Waals surface area contributed by atoms with Crippen LogP contribution in [0.25, 0.3) is 0 Å². The maximum Gasteiger partial charge on any atom is 0.251 e. The predicted octanol–water partition coefficient (Wildman–Crippen LogP) is 2.31. The molecule has 5 heteroatoms. The average Bonchev–Trinajstić information content (AvgIpc) is 2.59. The van der Waals surface area contributed by atoms with Crippen molar-refractivity contribution < 1.29 is 14.3 Å². The number of nitrogens with one attached hydrogen (secondary N) is 1. The van der Waals surface area contributed by atoms with E-state index in [9.17, 15) is 9.59 Å². The highest BCUT2D eigenvalue weighted by molar-refractivity contribution is 6.04. The maximum absolute atomic E-state index is 12.6. The number of fused-ring (bicyclic) bond motifs is 1. The number of carbonyl (C=O) groups is 2. The van der Waals surface area contributed by atoms with E-state index < -0.39 is 0 Å². The Bertz CT molecular complexity index is 598. The van der Waals surface area contributed by atoms with Gasteiger partial charge in [0.1, 0.15) is 0 Å². The Morgan fingerprint density at radius 1 is 1.48 bits per heavy atom. The van der Waals surface area contributed by atoms with E-state index in [1.54, 1.807) is 12.0 Å². The summed E-state index contributed by atoms with van der Waals surface area (Å²) in [7, 11) is 1.62. The highest BCUT2D eigenvalue weighted by atomic mass is 16.5. The van der Waals surface area contributed by atoms with Crippen molar-refractivity contribution >= 4 is 17.5 Å². The van der Waals surface area contributed by atoms with Crippen molar-refractivity contribution in [1.29, 1.82) is 0 Å². The summed E-state index contributed by atoms with van der Waals surface area (Å²) in [6.45, 7) is 6.70. The van der Waals surface area contributed by atoms with Gasteiger partial charge in [0.05, 0.1) is 12.6 Å². The van der Waals surface area contributed by atoms with Crippen molar-refractivity contribution in [1.82, 2.24) is 5.32 Å². The summed E-state index contributed by atoms with van der Waals surface area (Å²) in [5, 5.41) is 3.00. The third-order valence-electron chi connectivity index (χ3n) is 4.13. The molecule has 1 aromatic rings. The minimum Gasteiger partial charge on any atom is -0.383 e. The molecule has 2 amide bonds. The van der Waals surface area contributed by atoms with Crippen LogP contribution in [0.15, 0.2) is 30.9 Å². The Labute approximate surface area is 137 Å². The molecule has 1 aliphatic heterocycles. The van der Waals surface area contributed by atoms with Crippen molar-refractivity contribution in [2.45, 2.75) is 32.2 Å². The average molecular weight is 316 g/mol. The van der Waals surface area contributed by atoms with Crippen molar-refractivity contribution in [3.8, 4) is 0 Å². The molecule has 1 heterocycles. The smallest absolute Gasteiger partial charge is 0.251 e. The summed E-state index contributed by atoms with van der Waals surface area (Å²) in [6.07, 6.45) is 3.75. The summed E-state index contributed by atoms with van der Waals surface area (Å²) in [5.74, 6) is -0.243. The molecule has 1 unspecified atom stereocenters. The van der Waals surface area contributed by atoms with Gasteiger partial charge in [0.25, 0.3) is 5.91 Å². The number of methoxy groups -OCH3 is 1. The van der Waals surface area contributed by atoms with Crippen LogP contribution in [-0.4, -0.2) is 38.1 Å². The lowest BCUT2D eigenvalue weighted by molar-refractivity contribution is -0.114. The van der Waals surface area contributed by atoms with Gasteiger partial charge in [0.15, 0.2) is 0 Å². The van der Waals surface area contributed by atoms with E-state index in [2.05, 4.69) is 11.9 Å². The fraction of sp³-hybridized carbons (Fsp3) is 0.444. The molecule has 0 saturated heterocycles. The van der Waals surface area contributed by atoms with Gasteiger partial charge in [-0.1, -0.05) is 19.6 Å². The lowest BCUT2D eigenvalue weighted by atomic mass is 9.95. The minimum absolute atomic E-state index is 0.0159. The Morgan fingerprint density at radius 2 is 2.26 bits per heavy atom. The molecule has 1 aromatic carbocycles. The number of hydrogen-bond acceptors (Lipinski definition) is 3. The lowest BCUT2D eigenvalue weighted by Gasteiger charge is -2.30. The first kappa shape index (κ1) is 17.2. The highest BCUT2D eigenvalue weighted by Gasteiger charge is 2.25. The molecule has 1 N–H and O–H groups in total. The molecule has 2 rings (SSSR count). The minimum atomic E-state index is -0.130. The van der Waals surface area contributed by atoms with Crippen LogP contribution in [0.3, 0.4) is 0 Å². The molecule has 124 valence electrons. The van der Waals surface area contributed by atoms with E-state index in [-0.39, 0.29) is 17.9 Å². The Hall–Kier alpha value is -2.14. The third kappa shape index (κ3) is 3.79. The maximum atomic E-state index is 12.6. The number of benzene rings is 1. The van der Waals surface area contributed by atoms with E-state index in [1.165, 1.54) is 6.08 Å². The van der Waals surface area contributed by atoms with Gasteiger partial charge < -0.3 is 15.0 Å². The zero-order valence-electron chi connectivity index (χ0n) is 13.8. The van der Waals surface area contributed by atoms with Crippen molar-refractivity contribution in [3.63, 3.8) is 0 Å². The SMILES string of the molecule is C=CC(=O)N1CCCc2c(C(=O)NC(CC)COC)cccc21. The molecule has 0 saturated carbocycles. The number of nitrogens with zero attached hydrogens (tertiary/aromatic N) is 1. The molecule has 0 radical (unpaired) electrons. The predicted molar refractivity (Wildman–Crippen MR) is 90.7 cm³/mol. The van der Waals surface area contributed by atoms with E-state index in [0.29, 0.717) is 18.7 Å². The van der Waals surface area contributed by atoms with E-state index in [0.717, 1.165) is 30.5 Å². The number of amides is 2. The summed E-state index contributed by atoms with van der Waals surface area (Å²) in [4.78, 5) is 26.3. The molecular weight excluding hydrogens is 292 g/mol. The lowest BCUT2D eigenvalue weighted by Crippen LogP contribution is -2.39. The first-order valence-corrected chi connectivity index (χ1v) is 7.98. The van der Waals surface area contributed by atoms with Gasteiger partial charge in [0.2, 0.25) is 5.91 Å². The van der Waals surface area contributed by atoms with Gasteiger partial charge in [-0.3, -0.25) is 9.59 Å². The number of carbonyl (C=O) groups excluding carboxylic acids is 2.